The summed E-state index contributed by atoms with van der Waals surface area (Å²) < 4.78 is 10.9. The molecule has 19 heavy (non-hydrogen) atoms. The van der Waals surface area contributed by atoms with Gasteiger partial charge in [0.05, 0.1) is 6.54 Å². The van der Waals surface area contributed by atoms with E-state index in [-0.39, 0.29) is 12.2 Å². The van der Waals surface area contributed by atoms with E-state index in [9.17, 15) is 14.4 Å². The fraction of sp³-hybridized carbons (Fsp3) is 0.364. The maximum absolute atomic E-state index is 11.4. The first-order valence-corrected chi connectivity index (χ1v) is 5.17. The molecule has 0 bridgehead atoms. The summed E-state index contributed by atoms with van der Waals surface area (Å²) in [5, 5.41) is 17.8. The molecular formula is C11H13NO7. The second kappa shape index (κ2) is 6.12. The van der Waals surface area contributed by atoms with E-state index in [0.717, 1.165) is 16.8 Å². The smallest absolute Gasteiger partial charge is 0.352 e. The Kier molecular flexibility index (Phi) is 4.79. The quantitative estimate of drug-likeness (QED) is 0.692. The van der Waals surface area contributed by atoms with E-state index in [1.165, 1.54) is 14.2 Å². The molecule has 0 amide bonds. The molecular weight excluding hydrogens is 258 g/mol. The van der Waals surface area contributed by atoms with E-state index in [1.54, 1.807) is 0 Å². The molecule has 0 aromatic carbocycles. The predicted octanol–water partition coefficient (Wildman–Crippen LogP) is -0.136. The van der Waals surface area contributed by atoms with Gasteiger partial charge in [0.25, 0.3) is 0 Å². The van der Waals surface area contributed by atoms with Gasteiger partial charge in [-0.3, -0.25) is 4.79 Å². The molecule has 0 aliphatic heterocycles. The fourth-order valence-electron chi connectivity index (χ4n) is 1.48. The summed E-state index contributed by atoms with van der Waals surface area (Å²) in [5.41, 5.74) is -1.72. The number of nitrogens with zero attached hydrogens (tertiary/aromatic N) is 1. The lowest BCUT2D eigenvalue weighted by Gasteiger charge is -2.17. The van der Waals surface area contributed by atoms with Crippen molar-refractivity contribution in [3.63, 3.8) is 0 Å². The van der Waals surface area contributed by atoms with Crippen LogP contribution in [0.1, 0.15) is 20.8 Å². The molecule has 1 aromatic rings. The van der Waals surface area contributed by atoms with Gasteiger partial charge in [-0.1, -0.05) is 0 Å². The second-order valence-electron chi connectivity index (χ2n) is 3.60. The topological polar surface area (TPSA) is 115 Å². The Morgan fingerprint density at radius 1 is 1.26 bits per heavy atom. The Morgan fingerprint density at radius 2 is 1.84 bits per heavy atom. The van der Waals surface area contributed by atoms with Gasteiger partial charge in [-0.25, -0.2) is 9.59 Å². The van der Waals surface area contributed by atoms with Crippen molar-refractivity contribution in [2.24, 2.45) is 0 Å². The van der Waals surface area contributed by atoms with Gasteiger partial charge in [0.1, 0.15) is 11.3 Å². The molecule has 0 spiro atoms. The van der Waals surface area contributed by atoms with E-state index in [2.05, 4.69) is 0 Å². The van der Waals surface area contributed by atoms with Crippen molar-refractivity contribution in [3.8, 4) is 0 Å². The summed E-state index contributed by atoms with van der Waals surface area (Å²) in [6.45, 7) is -0.0603. The van der Waals surface area contributed by atoms with Crippen LogP contribution in [0.15, 0.2) is 17.1 Å². The largest absolute Gasteiger partial charge is 0.477 e. The molecule has 0 aliphatic rings. The first-order valence-electron chi connectivity index (χ1n) is 5.17. The molecule has 0 atom stereocenters. The number of aromatic nitrogens is 1. The normalized spacial score (nSPS) is 10.7. The number of methoxy groups -OCH3 is 2. The lowest BCUT2D eigenvalue weighted by Crippen LogP contribution is -2.28. The lowest BCUT2D eigenvalue weighted by molar-refractivity contribution is -0.111. The highest BCUT2D eigenvalue weighted by Crippen LogP contribution is 2.05. The zero-order valence-corrected chi connectivity index (χ0v) is 10.3. The number of pyridine rings is 1. The van der Waals surface area contributed by atoms with Gasteiger partial charge in [0.15, 0.2) is 11.7 Å². The highest BCUT2D eigenvalue weighted by atomic mass is 16.7. The number of carbonyl (C=O) groups is 2. The van der Waals surface area contributed by atoms with E-state index in [1.807, 2.05) is 0 Å². The van der Waals surface area contributed by atoms with Gasteiger partial charge in [0.2, 0.25) is 0 Å². The number of carboxylic acid groups (broad SMARTS) is 2. The maximum atomic E-state index is 11.4. The number of rotatable bonds is 6. The second-order valence-corrected chi connectivity index (χ2v) is 3.60. The average Bonchev–Trinajstić information content (AvgIpc) is 2.36. The summed E-state index contributed by atoms with van der Waals surface area (Å²) in [4.78, 5) is 33.3. The highest BCUT2D eigenvalue weighted by Gasteiger charge is 2.18. The van der Waals surface area contributed by atoms with E-state index < -0.39 is 29.2 Å². The molecule has 0 radical (unpaired) electrons. The van der Waals surface area contributed by atoms with E-state index in [0.29, 0.717) is 0 Å². The van der Waals surface area contributed by atoms with Crippen LogP contribution in [0.5, 0.6) is 0 Å². The van der Waals surface area contributed by atoms with Crippen molar-refractivity contribution >= 4 is 11.9 Å². The van der Waals surface area contributed by atoms with Crippen LogP contribution in [0.25, 0.3) is 0 Å². The molecule has 0 unspecified atom stereocenters. The highest BCUT2D eigenvalue weighted by molar-refractivity contribution is 5.90. The Bertz CT molecular complexity index is 544. The molecule has 8 heteroatoms. The third-order valence-electron chi connectivity index (χ3n) is 2.45. The number of ether oxygens (including phenoxy) is 2. The molecule has 0 fully saturated rings. The number of aromatic carboxylic acids is 2. The van der Waals surface area contributed by atoms with Crippen LogP contribution < -0.4 is 5.43 Å². The van der Waals surface area contributed by atoms with Crippen LogP contribution in [0.2, 0.25) is 0 Å². The Hall–Kier alpha value is -2.19. The van der Waals surface area contributed by atoms with E-state index in [4.69, 9.17) is 19.7 Å². The van der Waals surface area contributed by atoms with Gasteiger partial charge in [-0.15, -0.1) is 0 Å². The monoisotopic (exact) mass is 271 g/mol. The van der Waals surface area contributed by atoms with Crippen molar-refractivity contribution in [2.45, 2.75) is 12.8 Å². The van der Waals surface area contributed by atoms with Crippen LogP contribution in [0, 0.1) is 0 Å². The molecule has 1 rings (SSSR count). The van der Waals surface area contributed by atoms with Crippen molar-refractivity contribution < 1.29 is 29.3 Å². The summed E-state index contributed by atoms with van der Waals surface area (Å²) in [5.74, 6) is -2.78. The van der Waals surface area contributed by atoms with E-state index >= 15 is 0 Å². The fourth-order valence-corrected chi connectivity index (χ4v) is 1.48. The Labute approximate surface area is 107 Å². The van der Waals surface area contributed by atoms with Crippen molar-refractivity contribution in [1.82, 2.24) is 4.57 Å². The van der Waals surface area contributed by atoms with Crippen molar-refractivity contribution in [3.05, 3.63) is 33.7 Å². The van der Waals surface area contributed by atoms with Crippen molar-refractivity contribution in [1.29, 1.82) is 0 Å². The van der Waals surface area contributed by atoms with Gasteiger partial charge in [-0.2, -0.15) is 0 Å². The Morgan fingerprint density at radius 3 is 2.26 bits per heavy atom. The third-order valence-corrected chi connectivity index (χ3v) is 2.45. The lowest BCUT2D eigenvalue weighted by atomic mass is 10.2. The molecule has 0 saturated carbocycles. The standard InChI is InChI=1S/C11H13NO7/c1-18-9(19-2)5-12-4-6(10(14)15)8(13)3-7(12)11(16)17/h3-4,9H,5H2,1-2H3,(H,14,15)(H,16,17). The molecule has 8 nitrogen and oxygen atoms in total. The molecule has 1 heterocycles. The molecule has 1 aromatic heterocycles. The first kappa shape index (κ1) is 14.9. The zero-order chi connectivity index (χ0) is 14.6. The third kappa shape index (κ3) is 3.39. The van der Waals surface area contributed by atoms with Crippen LogP contribution in [-0.2, 0) is 16.0 Å². The van der Waals surface area contributed by atoms with Crippen molar-refractivity contribution in [2.75, 3.05) is 14.2 Å². The summed E-state index contributed by atoms with van der Waals surface area (Å²) in [6.07, 6.45) is 0.196. The van der Waals surface area contributed by atoms with Gasteiger partial charge in [-0.05, 0) is 0 Å². The minimum absolute atomic E-state index is 0.0603. The summed E-state index contributed by atoms with van der Waals surface area (Å²) in [7, 11) is 2.71. The summed E-state index contributed by atoms with van der Waals surface area (Å²) in [6, 6.07) is 0.758. The zero-order valence-electron chi connectivity index (χ0n) is 10.3. The minimum Gasteiger partial charge on any atom is -0.477 e. The minimum atomic E-state index is -1.43. The molecule has 0 aliphatic carbocycles. The number of hydrogen-bond donors (Lipinski definition) is 2. The number of hydrogen-bond acceptors (Lipinski definition) is 5. The predicted molar refractivity (Wildman–Crippen MR) is 62.4 cm³/mol. The van der Waals surface area contributed by atoms with Crippen LogP contribution in [-0.4, -0.2) is 47.2 Å². The maximum Gasteiger partial charge on any atom is 0.352 e. The van der Waals surface area contributed by atoms with Crippen LogP contribution in [0.4, 0.5) is 0 Å². The van der Waals surface area contributed by atoms with Crippen LogP contribution in [0.3, 0.4) is 0 Å². The number of carboxylic acids is 2. The van der Waals surface area contributed by atoms with Gasteiger partial charge in [0, 0.05) is 26.5 Å². The SMILES string of the molecule is COC(Cn1cc(C(=O)O)c(=O)cc1C(=O)O)OC. The Balaban J connectivity index is 3.33. The van der Waals surface area contributed by atoms with Gasteiger partial charge < -0.3 is 24.3 Å². The van der Waals surface area contributed by atoms with Gasteiger partial charge >= 0.3 is 11.9 Å². The molecule has 2 N–H and O–H groups in total. The van der Waals surface area contributed by atoms with Crippen LogP contribution >= 0.6 is 0 Å². The average molecular weight is 271 g/mol. The molecule has 104 valence electrons. The molecule has 0 saturated heterocycles. The summed E-state index contributed by atoms with van der Waals surface area (Å²) >= 11 is 0. The first-order chi connectivity index (χ1) is 8.90.